The second-order valence-corrected chi connectivity index (χ2v) is 4.55. The maximum Gasteiger partial charge on any atom is 0.338 e. The van der Waals surface area contributed by atoms with Crippen molar-refractivity contribution in [1.29, 1.82) is 0 Å². The van der Waals surface area contributed by atoms with Crippen LogP contribution in [0.1, 0.15) is 15.9 Å². The molecule has 3 N–H and O–H groups in total. The molecule has 0 radical (unpaired) electrons. The number of carbonyl (C=O) groups is 2. The summed E-state index contributed by atoms with van der Waals surface area (Å²) in [6, 6.07) is 4.61. The molecular formula is C12H11N3O3S. The number of nitrogens with one attached hydrogen (secondary N) is 2. The average Bonchev–Trinajstić information content (AvgIpc) is 2.86. The average molecular weight is 277 g/mol. The molecule has 0 spiro atoms. The van der Waals surface area contributed by atoms with E-state index < -0.39 is 12.0 Å². The van der Waals surface area contributed by atoms with Crippen molar-refractivity contribution in [2.75, 3.05) is 5.32 Å². The van der Waals surface area contributed by atoms with Crippen LogP contribution in [0.2, 0.25) is 0 Å². The van der Waals surface area contributed by atoms with Gasteiger partial charge in [0.05, 0.1) is 5.56 Å². The zero-order valence-electron chi connectivity index (χ0n) is 9.79. The lowest BCUT2D eigenvalue weighted by Crippen LogP contribution is -2.28. The number of carbonyl (C=O) groups excluding carboxylic acids is 1. The minimum atomic E-state index is -1.07. The summed E-state index contributed by atoms with van der Waals surface area (Å²) in [4.78, 5) is 26.4. The lowest BCUT2D eigenvalue weighted by molar-refractivity contribution is 0.0698. The molecule has 0 bridgehead atoms. The maximum absolute atomic E-state index is 11.6. The maximum atomic E-state index is 11.6. The van der Waals surface area contributed by atoms with Crippen molar-refractivity contribution in [1.82, 2.24) is 10.3 Å². The van der Waals surface area contributed by atoms with Crippen molar-refractivity contribution >= 4 is 28.3 Å². The minimum absolute atomic E-state index is 0.0847. The minimum Gasteiger partial charge on any atom is -0.478 e. The summed E-state index contributed by atoms with van der Waals surface area (Å²) in [6.07, 6.45) is 3.29. The van der Waals surface area contributed by atoms with Gasteiger partial charge in [0.2, 0.25) is 0 Å². The Bertz CT molecular complexity index is 583. The summed E-state index contributed by atoms with van der Waals surface area (Å²) in [5, 5.41) is 16.0. The third-order valence-corrected chi connectivity index (χ3v) is 3.13. The van der Waals surface area contributed by atoms with Crippen molar-refractivity contribution in [3.8, 4) is 0 Å². The number of carboxylic acid groups (broad SMARTS) is 1. The van der Waals surface area contributed by atoms with Gasteiger partial charge in [-0.3, -0.25) is 10.3 Å². The fourth-order valence-corrected chi connectivity index (χ4v) is 2.18. The molecule has 0 aliphatic carbocycles. The van der Waals surface area contributed by atoms with Crippen LogP contribution in [-0.4, -0.2) is 22.1 Å². The number of rotatable bonds is 4. The Balaban J connectivity index is 1.91. The first kappa shape index (κ1) is 13.0. The molecule has 0 aliphatic heterocycles. The summed E-state index contributed by atoms with van der Waals surface area (Å²) in [5.74, 6) is -1.07. The van der Waals surface area contributed by atoms with Gasteiger partial charge in [-0.25, -0.2) is 9.59 Å². The van der Waals surface area contributed by atoms with Gasteiger partial charge in [-0.1, -0.05) is 6.07 Å². The number of anilines is 1. The Kier molecular flexibility index (Phi) is 4.09. The Morgan fingerprint density at radius 2 is 2.21 bits per heavy atom. The fraction of sp³-hybridized carbons (Fsp3) is 0.0833. The van der Waals surface area contributed by atoms with E-state index in [2.05, 4.69) is 15.6 Å². The molecule has 0 aromatic carbocycles. The van der Waals surface area contributed by atoms with Crippen LogP contribution in [0.25, 0.3) is 0 Å². The molecular weight excluding hydrogens is 266 g/mol. The predicted molar refractivity (Wildman–Crippen MR) is 71.4 cm³/mol. The third kappa shape index (κ3) is 3.52. The van der Waals surface area contributed by atoms with Crippen LogP contribution in [0.5, 0.6) is 0 Å². The van der Waals surface area contributed by atoms with E-state index in [0.29, 0.717) is 11.5 Å². The Morgan fingerprint density at radius 1 is 1.37 bits per heavy atom. The highest BCUT2D eigenvalue weighted by Crippen LogP contribution is 2.22. The van der Waals surface area contributed by atoms with E-state index >= 15 is 0 Å². The molecule has 6 nitrogen and oxygen atoms in total. The molecule has 98 valence electrons. The number of hydrogen-bond acceptors (Lipinski definition) is 4. The highest BCUT2D eigenvalue weighted by Gasteiger charge is 2.13. The number of urea groups is 1. The number of aromatic carboxylic acids is 1. The first-order chi connectivity index (χ1) is 9.16. The molecule has 2 rings (SSSR count). The smallest absolute Gasteiger partial charge is 0.338 e. The van der Waals surface area contributed by atoms with Crippen molar-refractivity contribution in [3.05, 3.63) is 47.1 Å². The molecule has 2 aromatic heterocycles. The molecule has 0 atom stereocenters. The third-order valence-electron chi connectivity index (χ3n) is 2.30. The van der Waals surface area contributed by atoms with Gasteiger partial charge in [-0.15, -0.1) is 11.3 Å². The van der Waals surface area contributed by atoms with E-state index in [4.69, 9.17) is 5.11 Å². The van der Waals surface area contributed by atoms with E-state index in [1.54, 1.807) is 23.8 Å². The summed E-state index contributed by atoms with van der Waals surface area (Å²) >= 11 is 1.16. The van der Waals surface area contributed by atoms with Gasteiger partial charge >= 0.3 is 12.0 Å². The van der Waals surface area contributed by atoms with E-state index in [9.17, 15) is 9.59 Å². The van der Waals surface area contributed by atoms with E-state index in [-0.39, 0.29) is 5.56 Å². The molecule has 2 aromatic rings. The number of carboxylic acids is 1. The van der Waals surface area contributed by atoms with Crippen molar-refractivity contribution in [2.45, 2.75) is 6.54 Å². The van der Waals surface area contributed by atoms with Crippen LogP contribution in [0.4, 0.5) is 9.80 Å². The number of nitrogens with zero attached hydrogens (tertiary/aromatic N) is 1. The second-order valence-electron chi connectivity index (χ2n) is 3.64. The van der Waals surface area contributed by atoms with Crippen LogP contribution in [-0.2, 0) is 6.54 Å². The molecule has 0 saturated heterocycles. The highest BCUT2D eigenvalue weighted by molar-refractivity contribution is 7.14. The van der Waals surface area contributed by atoms with E-state index in [1.807, 2.05) is 6.07 Å². The molecule has 2 amide bonds. The predicted octanol–water partition coefficient (Wildman–Crippen LogP) is 2.16. The first-order valence-electron chi connectivity index (χ1n) is 5.41. The molecule has 7 heteroatoms. The van der Waals surface area contributed by atoms with Crippen LogP contribution in [0.3, 0.4) is 0 Å². The summed E-state index contributed by atoms with van der Waals surface area (Å²) in [7, 11) is 0. The first-order valence-corrected chi connectivity index (χ1v) is 6.29. The van der Waals surface area contributed by atoms with Gasteiger partial charge in [0.15, 0.2) is 0 Å². The van der Waals surface area contributed by atoms with Gasteiger partial charge in [0, 0.05) is 18.9 Å². The summed E-state index contributed by atoms with van der Waals surface area (Å²) in [6.45, 7) is 0.327. The fourth-order valence-electron chi connectivity index (χ4n) is 1.41. The molecule has 0 fully saturated rings. The van der Waals surface area contributed by atoms with Crippen LogP contribution in [0.15, 0.2) is 36.0 Å². The molecule has 0 aliphatic rings. The van der Waals surface area contributed by atoms with E-state index in [1.165, 1.54) is 6.07 Å². The van der Waals surface area contributed by atoms with Gasteiger partial charge in [0.25, 0.3) is 0 Å². The number of thiophene rings is 1. The van der Waals surface area contributed by atoms with Gasteiger partial charge in [-0.05, 0) is 23.1 Å². The Hall–Kier alpha value is -2.41. The van der Waals surface area contributed by atoms with Crippen LogP contribution in [0, 0.1) is 0 Å². The largest absolute Gasteiger partial charge is 0.478 e. The lowest BCUT2D eigenvalue weighted by atomic mass is 10.3. The van der Waals surface area contributed by atoms with Crippen LogP contribution >= 0.6 is 11.3 Å². The number of hydrogen-bond donors (Lipinski definition) is 3. The van der Waals surface area contributed by atoms with Gasteiger partial charge < -0.3 is 10.4 Å². The summed E-state index contributed by atoms with van der Waals surface area (Å²) < 4.78 is 0. The second kappa shape index (κ2) is 5.96. The van der Waals surface area contributed by atoms with Crippen molar-refractivity contribution in [3.63, 3.8) is 0 Å². The normalized spacial score (nSPS) is 9.89. The van der Waals surface area contributed by atoms with E-state index in [0.717, 1.165) is 16.9 Å². The number of aromatic nitrogens is 1. The quantitative estimate of drug-likeness (QED) is 0.798. The topological polar surface area (TPSA) is 91.3 Å². The Morgan fingerprint density at radius 3 is 2.89 bits per heavy atom. The molecule has 0 saturated carbocycles. The zero-order chi connectivity index (χ0) is 13.7. The zero-order valence-corrected chi connectivity index (χ0v) is 10.6. The number of pyridine rings is 1. The summed E-state index contributed by atoms with van der Waals surface area (Å²) in [5.41, 5.74) is 0.948. The molecule has 19 heavy (non-hydrogen) atoms. The number of amides is 2. The van der Waals surface area contributed by atoms with Gasteiger partial charge in [0.1, 0.15) is 5.00 Å². The Labute approximate surface area is 113 Å². The van der Waals surface area contributed by atoms with Crippen molar-refractivity contribution in [2.24, 2.45) is 0 Å². The lowest BCUT2D eigenvalue weighted by Gasteiger charge is -2.06. The van der Waals surface area contributed by atoms with Crippen LogP contribution < -0.4 is 10.6 Å². The van der Waals surface area contributed by atoms with Crippen molar-refractivity contribution < 1.29 is 14.7 Å². The monoisotopic (exact) mass is 277 g/mol. The standard InChI is InChI=1S/C12H11N3O3S/c16-11(17)9-3-5-19-10(9)15-12(18)14-7-8-2-1-4-13-6-8/h1-6H,7H2,(H,16,17)(H2,14,15,18). The highest BCUT2D eigenvalue weighted by atomic mass is 32.1. The SMILES string of the molecule is O=C(NCc1cccnc1)Nc1sccc1C(=O)O. The van der Waals surface area contributed by atoms with Gasteiger partial charge in [-0.2, -0.15) is 0 Å². The molecule has 2 heterocycles. The molecule has 0 unspecified atom stereocenters.